The van der Waals surface area contributed by atoms with E-state index in [1.54, 1.807) is 6.07 Å². The van der Waals surface area contributed by atoms with Gasteiger partial charge in [0, 0.05) is 50.9 Å². The van der Waals surface area contributed by atoms with E-state index in [2.05, 4.69) is 130 Å². The highest BCUT2D eigenvalue weighted by molar-refractivity contribution is 7.19. The number of hydrogen-bond acceptors (Lipinski definition) is 7. The van der Waals surface area contributed by atoms with E-state index >= 15 is 4.39 Å². The lowest BCUT2D eigenvalue weighted by Gasteiger charge is -2.44. The standard InChI is InChI=1S/C45H43BFN6O3/c47-41-26-39-42(53(38-20-21-38)31-40(44(39)54)45(55)56)27-43(41)51-24-22-50(23-25-51)29-37-30-52(49-48-37)28-32-16-18-36(19-17-32)46(33-10-4-1-5-11-33,34-12-6-2-7-13-34)35-14-8-3-9-15-35/h1-19,26-27,30,38,40H,20-25,28-29,31H2,(H,55,56)/q-1. The van der Waals surface area contributed by atoms with Gasteiger partial charge in [-0.3, -0.25) is 14.5 Å². The van der Waals surface area contributed by atoms with E-state index in [0.717, 1.165) is 24.1 Å². The minimum atomic E-state index is -1.44. The third kappa shape index (κ3) is 6.66. The molecule has 3 aliphatic rings. The summed E-state index contributed by atoms with van der Waals surface area (Å²) in [5.74, 6) is -3.33. The number of piperazine rings is 1. The Morgan fingerprint density at radius 3 is 1.86 bits per heavy atom. The Hall–Kier alpha value is -6.07. The Morgan fingerprint density at radius 1 is 0.732 bits per heavy atom. The average Bonchev–Trinajstić information content (AvgIpc) is 3.99. The zero-order valence-corrected chi connectivity index (χ0v) is 31.1. The summed E-state index contributed by atoms with van der Waals surface area (Å²) in [4.78, 5) is 31.1. The summed E-state index contributed by atoms with van der Waals surface area (Å²) >= 11 is 0. The predicted octanol–water partition coefficient (Wildman–Crippen LogP) is 4.03. The summed E-state index contributed by atoms with van der Waals surface area (Å²) in [6.07, 6.45) is 2.46. The van der Waals surface area contributed by atoms with Crippen molar-refractivity contribution in [2.75, 3.05) is 42.5 Å². The van der Waals surface area contributed by atoms with Gasteiger partial charge in [0.05, 0.1) is 29.8 Å². The number of carbonyl (C=O) groups excluding carboxylic acids is 1. The Balaban J connectivity index is 0.880. The van der Waals surface area contributed by atoms with Gasteiger partial charge in [-0.2, -0.15) is 21.9 Å². The molecule has 3 heterocycles. The molecule has 0 amide bonds. The van der Waals surface area contributed by atoms with E-state index in [1.807, 2.05) is 20.7 Å². The normalized spacial score (nSPS) is 17.5. The first-order valence-corrected chi connectivity index (χ1v) is 19.5. The molecule has 282 valence electrons. The number of fused-ring (bicyclic) bond motifs is 1. The lowest BCUT2D eigenvalue weighted by molar-refractivity contribution is -0.139. The van der Waals surface area contributed by atoms with Crippen molar-refractivity contribution < 1.29 is 19.1 Å². The third-order valence-electron chi connectivity index (χ3n) is 12.0. The largest absolute Gasteiger partial charge is 0.481 e. The quantitative estimate of drug-likeness (QED) is 0.157. The van der Waals surface area contributed by atoms with Crippen LogP contribution in [0.1, 0.15) is 34.5 Å². The summed E-state index contributed by atoms with van der Waals surface area (Å²) in [7, 11) is 0. The summed E-state index contributed by atoms with van der Waals surface area (Å²) in [6, 6.07) is 44.5. The number of halogens is 1. The molecule has 0 bridgehead atoms. The van der Waals surface area contributed by atoms with Gasteiger partial charge < -0.3 is 14.9 Å². The third-order valence-corrected chi connectivity index (χ3v) is 12.0. The number of benzene rings is 5. The number of anilines is 2. The summed E-state index contributed by atoms with van der Waals surface area (Å²) in [5.41, 5.74) is 8.33. The molecule has 1 saturated carbocycles. The summed E-state index contributed by atoms with van der Waals surface area (Å²) in [6.45, 7) is 4.02. The van der Waals surface area contributed by atoms with Crippen LogP contribution in [0.2, 0.25) is 0 Å². The number of carboxylic acids is 1. The topological polar surface area (TPSA) is 94.8 Å². The van der Waals surface area contributed by atoms with Crippen LogP contribution in [-0.4, -0.2) is 81.7 Å². The highest BCUT2D eigenvalue weighted by Crippen LogP contribution is 2.41. The lowest BCUT2D eigenvalue weighted by atomic mass is 9.13. The van der Waals surface area contributed by atoms with Crippen LogP contribution < -0.4 is 31.7 Å². The van der Waals surface area contributed by atoms with Crippen molar-refractivity contribution in [2.45, 2.75) is 32.0 Å². The molecule has 0 radical (unpaired) electrons. The number of aromatic nitrogens is 3. The van der Waals surface area contributed by atoms with Crippen molar-refractivity contribution in [3.8, 4) is 0 Å². The van der Waals surface area contributed by atoms with Gasteiger partial charge in [0.25, 0.3) is 0 Å². The number of carboxylic acid groups (broad SMARTS) is 1. The van der Waals surface area contributed by atoms with Crippen LogP contribution in [-0.2, 0) is 17.9 Å². The first-order valence-electron chi connectivity index (χ1n) is 19.5. The number of rotatable bonds is 11. The number of aliphatic carboxylic acids is 1. The minimum absolute atomic E-state index is 0.134. The fourth-order valence-corrected chi connectivity index (χ4v) is 9.06. The van der Waals surface area contributed by atoms with Crippen LogP contribution in [0.5, 0.6) is 0 Å². The van der Waals surface area contributed by atoms with Crippen LogP contribution in [0.3, 0.4) is 0 Å². The Bertz CT molecular complexity index is 2250. The fraction of sp³-hybridized carbons (Fsp3) is 0.244. The molecule has 1 N–H and O–H groups in total. The molecule has 9 rings (SSSR count). The van der Waals surface area contributed by atoms with Gasteiger partial charge in [0.1, 0.15) is 17.9 Å². The first kappa shape index (κ1) is 35.6. The van der Waals surface area contributed by atoms with E-state index in [-0.39, 0.29) is 18.2 Å². The summed E-state index contributed by atoms with van der Waals surface area (Å²) < 4.78 is 17.4. The van der Waals surface area contributed by atoms with Crippen molar-refractivity contribution in [2.24, 2.45) is 5.92 Å². The number of carbonyl (C=O) groups is 2. The molecular formula is C45H43BFN6O3-. The van der Waals surface area contributed by atoms with Crippen LogP contribution in [0.15, 0.2) is 134 Å². The minimum Gasteiger partial charge on any atom is -0.481 e. The van der Waals surface area contributed by atoms with E-state index in [4.69, 9.17) is 0 Å². The van der Waals surface area contributed by atoms with Gasteiger partial charge in [-0.05, 0) is 30.5 Å². The second-order valence-corrected chi connectivity index (χ2v) is 15.5. The highest BCUT2D eigenvalue weighted by Gasteiger charge is 2.43. The van der Waals surface area contributed by atoms with Gasteiger partial charge in [0.2, 0.25) is 0 Å². The predicted molar refractivity (Wildman–Crippen MR) is 219 cm³/mol. The molecule has 1 aliphatic carbocycles. The van der Waals surface area contributed by atoms with Crippen molar-refractivity contribution in [3.05, 3.63) is 156 Å². The maximum absolute atomic E-state index is 15.6. The van der Waals surface area contributed by atoms with Crippen LogP contribution >= 0.6 is 0 Å². The van der Waals surface area contributed by atoms with Crippen LogP contribution in [0.25, 0.3) is 0 Å². The number of ketones is 1. The number of nitrogens with zero attached hydrogens (tertiary/aromatic N) is 6. The number of hydrogen-bond donors (Lipinski definition) is 1. The van der Waals surface area contributed by atoms with Crippen molar-refractivity contribution in [3.63, 3.8) is 0 Å². The fourth-order valence-electron chi connectivity index (χ4n) is 9.06. The van der Waals surface area contributed by atoms with E-state index in [0.29, 0.717) is 50.6 Å². The van der Waals surface area contributed by atoms with E-state index < -0.39 is 29.6 Å². The van der Waals surface area contributed by atoms with E-state index in [9.17, 15) is 14.7 Å². The first-order chi connectivity index (χ1) is 27.4. The second kappa shape index (κ2) is 14.9. The molecular weight excluding hydrogens is 702 g/mol. The molecule has 1 aromatic heterocycles. The van der Waals surface area contributed by atoms with Crippen LogP contribution in [0.4, 0.5) is 15.8 Å². The maximum Gasteiger partial charge on any atom is 0.316 e. The SMILES string of the molecule is O=C(O)C1CN(C2CC2)c2cc(N3CCN(Cc4cn(Cc5ccc([B-](c6ccccc6)(c6ccccc6)c6ccccc6)cc5)nn4)CC3)c(F)cc2C1=O. The molecule has 0 spiro atoms. The van der Waals surface area contributed by atoms with Gasteiger partial charge in [0.15, 0.2) is 5.78 Å². The molecule has 11 heteroatoms. The van der Waals surface area contributed by atoms with Gasteiger partial charge >= 0.3 is 5.97 Å². The zero-order chi connectivity index (χ0) is 38.2. The van der Waals surface area contributed by atoms with Gasteiger partial charge in [-0.15, -0.1) is 5.10 Å². The second-order valence-electron chi connectivity index (χ2n) is 15.5. The molecule has 1 saturated heterocycles. The molecule has 5 aromatic carbocycles. The molecule has 2 aliphatic heterocycles. The van der Waals surface area contributed by atoms with Gasteiger partial charge in [-0.1, -0.05) is 120 Å². The number of Topliss-reactive ketones (excluding diaryl/α,β-unsaturated/α-hetero) is 1. The Kier molecular flexibility index (Phi) is 9.46. The lowest BCUT2D eigenvalue weighted by Crippen LogP contribution is -2.74. The highest BCUT2D eigenvalue weighted by atomic mass is 19.1. The smallest absolute Gasteiger partial charge is 0.316 e. The van der Waals surface area contributed by atoms with Crippen molar-refractivity contribution in [1.82, 2.24) is 19.9 Å². The van der Waals surface area contributed by atoms with Crippen molar-refractivity contribution in [1.29, 1.82) is 0 Å². The zero-order valence-electron chi connectivity index (χ0n) is 31.1. The molecule has 6 aromatic rings. The van der Waals surface area contributed by atoms with Crippen LogP contribution in [0, 0.1) is 11.7 Å². The van der Waals surface area contributed by atoms with Crippen molar-refractivity contribution >= 4 is 51.1 Å². The van der Waals surface area contributed by atoms with E-state index in [1.165, 1.54) is 27.9 Å². The molecule has 1 unspecified atom stereocenters. The molecule has 9 nitrogen and oxygen atoms in total. The maximum atomic E-state index is 15.6. The molecule has 56 heavy (non-hydrogen) atoms. The average molecular weight is 746 g/mol. The Morgan fingerprint density at radius 2 is 1.30 bits per heavy atom. The monoisotopic (exact) mass is 745 g/mol. The molecule has 2 fully saturated rings. The summed E-state index contributed by atoms with van der Waals surface area (Å²) in [5, 5.41) is 18.6. The Labute approximate surface area is 325 Å². The molecule has 1 atom stereocenters. The van der Waals surface area contributed by atoms with Gasteiger partial charge in [-0.25, -0.2) is 9.07 Å².